The van der Waals surface area contributed by atoms with E-state index in [1.807, 2.05) is 4.90 Å². The lowest BCUT2D eigenvalue weighted by atomic mass is 10.3. The zero-order valence-corrected chi connectivity index (χ0v) is 13.2. The van der Waals surface area contributed by atoms with Gasteiger partial charge in [0, 0.05) is 38.0 Å². The summed E-state index contributed by atoms with van der Waals surface area (Å²) in [6.45, 7) is 9.78. The molecule has 0 saturated carbocycles. The molecule has 1 aliphatic heterocycles. The third-order valence-corrected chi connectivity index (χ3v) is 4.26. The Morgan fingerprint density at radius 3 is 2.21 bits per heavy atom. The van der Waals surface area contributed by atoms with Gasteiger partial charge in [-0.25, -0.2) is 0 Å². The lowest BCUT2D eigenvalue weighted by molar-refractivity contribution is -0.130. The molecule has 0 bridgehead atoms. The zero-order chi connectivity index (χ0) is 14.5. The maximum Gasteiger partial charge on any atom is 0.233 e. The zero-order valence-electron chi connectivity index (χ0n) is 12.4. The standard InChI is InChI=1S/C13H25N3O2S/c1-13(2,3)19-10-12(18)16-7-5-15(6-8-16)9-11(17)14-4/h5-10H2,1-4H3,(H,14,17). The number of piperazine rings is 1. The normalized spacial score (nSPS) is 17.4. The van der Waals surface area contributed by atoms with Gasteiger partial charge in [-0.05, 0) is 0 Å². The van der Waals surface area contributed by atoms with Crippen molar-refractivity contribution < 1.29 is 9.59 Å². The first-order chi connectivity index (χ1) is 8.81. The fourth-order valence-corrected chi connectivity index (χ4v) is 2.55. The Kier molecular flexibility index (Phi) is 6.13. The molecule has 1 heterocycles. The number of rotatable bonds is 4. The van der Waals surface area contributed by atoms with E-state index in [9.17, 15) is 9.59 Å². The molecule has 0 aromatic carbocycles. The summed E-state index contributed by atoms with van der Waals surface area (Å²) >= 11 is 1.68. The highest BCUT2D eigenvalue weighted by Gasteiger charge is 2.23. The first kappa shape index (κ1) is 16.3. The third-order valence-electron chi connectivity index (χ3n) is 3.00. The molecule has 0 spiro atoms. The molecule has 1 aliphatic rings. The number of thioether (sulfide) groups is 1. The van der Waals surface area contributed by atoms with Crippen LogP contribution >= 0.6 is 11.8 Å². The van der Waals surface area contributed by atoms with Crippen LogP contribution in [0.3, 0.4) is 0 Å². The van der Waals surface area contributed by atoms with E-state index in [0.29, 0.717) is 12.3 Å². The topological polar surface area (TPSA) is 52.7 Å². The van der Waals surface area contributed by atoms with Crippen molar-refractivity contribution in [2.75, 3.05) is 45.5 Å². The van der Waals surface area contributed by atoms with Gasteiger partial charge in [0.2, 0.25) is 11.8 Å². The van der Waals surface area contributed by atoms with Crippen molar-refractivity contribution in [3.8, 4) is 0 Å². The Bertz CT molecular complexity index is 320. The van der Waals surface area contributed by atoms with Crippen molar-refractivity contribution in [3.05, 3.63) is 0 Å². The molecule has 19 heavy (non-hydrogen) atoms. The van der Waals surface area contributed by atoms with Gasteiger partial charge >= 0.3 is 0 Å². The highest BCUT2D eigenvalue weighted by Crippen LogP contribution is 2.23. The lowest BCUT2D eigenvalue weighted by Gasteiger charge is -2.34. The second-order valence-corrected chi connectivity index (χ2v) is 7.53. The van der Waals surface area contributed by atoms with Crippen molar-refractivity contribution in [2.45, 2.75) is 25.5 Å². The van der Waals surface area contributed by atoms with E-state index in [0.717, 1.165) is 26.2 Å². The van der Waals surface area contributed by atoms with Gasteiger partial charge in [0.25, 0.3) is 0 Å². The quantitative estimate of drug-likeness (QED) is 0.814. The van der Waals surface area contributed by atoms with E-state index in [-0.39, 0.29) is 16.6 Å². The number of carbonyl (C=O) groups excluding carboxylic acids is 2. The van der Waals surface area contributed by atoms with E-state index in [1.165, 1.54) is 0 Å². The Morgan fingerprint density at radius 2 is 1.74 bits per heavy atom. The van der Waals surface area contributed by atoms with E-state index >= 15 is 0 Å². The molecule has 0 aliphatic carbocycles. The van der Waals surface area contributed by atoms with Gasteiger partial charge in [0.05, 0.1) is 12.3 Å². The molecule has 6 heteroatoms. The summed E-state index contributed by atoms with van der Waals surface area (Å²) in [6.07, 6.45) is 0. The number of amides is 2. The number of hydrogen-bond acceptors (Lipinski definition) is 4. The van der Waals surface area contributed by atoms with Crippen LogP contribution in [0.5, 0.6) is 0 Å². The van der Waals surface area contributed by atoms with Crippen LogP contribution in [0.2, 0.25) is 0 Å². The first-order valence-electron chi connectivity index (χ1n) is 6.66. The summed E-state index contributed by atoms with van der Waals surface area (Å²) in [7, 11) is 1.64. The molecule has 1 rings (SSSR count). The summed E-state index contributed by atoms with van der Waals surface area (Å²) in [5.41, 5.74) is 0. The third kappa shape index (κ3) is 6.29. The van der Waals surface area contributed by atoms with Crippen LogP contribution in [0.4, 0.5) is 0 Å². The highest BCUT2D eigenvalue weighted by atomic mass is 32.2. The number of hydrogen-bond donors (Lipinski definition) is 1. The number of likely N-dealkylation sites (N-methyl/N-ethyl adjacent to an activating group) is 1. The van der Waals surface area contributed by atoms with Gasteiger partial charge in [-0.2, -0.15) is 0 Å². The molecule has 5 nitrogen and oxygen atoms in total. The second kappa shape index (κ2) is 7.14. The molecule has 1 saturated heterocycles. The van der Waals surface area contributed by atoms with Crippen LogP contribution in [0.1, 0.15) is 20.8 Å². The van der Waals surface area contributed by atoms with E-state index in [1.54, 1.807) is 18.8 Å². The SMILES string of the molecule is CNC(=O)CN1CCN(C(=O)CSC(C)(C)C)CC1. The molecule has 0 radical (unpaired) electrons. The summed E-state index contributed by atoms with van der Waals surface area (Å²) < 4.78 is 0.122. The molecule has 110 valence electrons. The first-order valence-corrected chi connectivity index (χ1v) is 7.65. The molecule has 2 amide bonds. The minimum absolute atomic E-state index is 0.0306. The minimum atomic E-state index is 0.0306. The van der Waals surface area contributed by atoms with Gasteiger partial charge in [-0.3, -0.25) is 14.5 Å². The Hall–Kier alpha value is -0.750. The average molecular weight is 287 g/mol. The van der Waals surface area contributed by atoms with Crippen LogP contribution in [0.25, 0.3) is 0 Å². The molecule has 0 aromatic rings. The van der Waals surface area contributed by atoms with Crippen LogP contribution in [0, 0.1) is 0 Å². The fourth-order valence-electron chi connectivity index (χ4n) is 1.81. The van der Waals surface area contributed by atoms with Crippen molar-refractivity contribution in [1.82, 2.24) is 15.1 Å². The van der Waals surface area contributed by atoms with E-state index in [2.05, 4.69) is 31.0 Å². The van der Waals surface area contributed by atoms with Gasteiger partial charge in [-0.15, -0.1) is 11.8 Å². The van der Waals surface area contributed by atoms with Gasteiger partial charge in [0.1, 0.15) is 0 Å². The van der Waals surface area contributed by atoms with Crippen LogP contribution in [-0.2, 0) is 9.59 Å². The molecular formula is C13H25N3O2S. The van der Waals surface area contributed by atoms with Gasteiger partial charge < -0.3 is 10.2 Å². The minimum Gasteiger partial charge on any atom is -0.358 e. The smallest absolute Gasteiger partial charge is 0.233 e. The monoisotopic (exact) mass is 287 g/mol. The Labute approximate surface area is 120 Å². The maximum absolute atomic E-state index is 12.0. The average Bonchev–Trinajstić information content (AvgIpc) is 2.36. The molecular weight excluding hydrogens is 262 g/mol. The number of nitrogens with one attached hydrogen (secondary N) is 1. The van der Waals surface area contributed by atoms with E-state index in [4.69, 9.17) is 0 Å². The van der Waals surface area contributed by atoms with Crippen molar-refractivity contribution in [2.24, 2.45) is 0 Å². The summed E-state index contributed by atoms with van der Waals surface area (Å²) in [4.78, 5) is 27.3. The fraction of sp³-hybridized carbons (Fsp3) is 0.846. The van der Waals surface area contributed by atoms with Crippen LogP contribution < -0.4 is 5.32 Å². The molecule has 1 fully saturated rings. The summed E-state index contributed by atoms with van der Waals surface area (Å²) in [5, 5.41) is 2.62. The largest absolute Gasteiger partial charge is 0.358 e. The molecule has 0 aromatic heterocycles. The van der Waals surface area contributed by atoms with Crippen molar-refractivity contribution in [1.29, 1.82) is 0 Å². The van der Waals surface area contributed by atoms with E-state index < -0.39 is 0 Å². The van der Waals surface area contributed by atoms with Crippen LogP contribution in [0.15, 0.2) is 0 Å². The predicted molar refractivity (Wildman–Crippen MR) is 79.3 cm³/mol. The molecule has 0 atom stereocenters. The maximum atomic E-state index is 12.0. The van der Waals surface area contributed by atoms with Gasteiger partial charge in [-0.1, -0.05) is 20.8 Å². The highest BCUT2D eigenvalue weighted by molar-refractivity contribution is 8.01. The number of nitrogens with zero attached hydrogens (tertiary/aromatic N) is 2. The summed E-state index contributed by atoms with van der Waals surface area (Å²) in [6, 6.07) is 0. The Balaban J connectivity index is 2.29. The molecule has 0 unspecified atom stereocenters. The Morgan fingerprint density at radius 1 is 1.16 bits per heavy atom. The van der Waals surface area contributed by atoms with Crippen LogP contribution in [-0.4, -0.2) is 71.9 Å². The summed E-state index contributed by atoms with van der Waals surface area (Å²) in [5.74, 6) is 0.779. The number of carbonyl (C=O) groups is 2. The second-order valence-electron chi connectivity index (χ2n) is 5.73. The lowest BCUT2D eigenvalue weighted by Crippen LogP contribution is -2.51. The van der Waals surface area contributed by atoms with Crippen molar-refractivity contribution >= 4 is 23.6 Å². The van der Waals surface area contributed by atoms with Crippen molar-refractivity contribution in [3.63, 3.8) is 0 Å². The predicted octanol–water partition coefficient (Wildman–Crippen LogP) is 0.408. The van der Waals surface area contributed by atoms with Gasteiger partial charge in [0.15, 0.2) is 0 Å². The molecule has 1 N–H and O–H groups in total.